The van der Waals surface area contributed by atoms with E-state index >= 15 is 0 Å². The number of hydrogen-bond acceptors (Lipinski definition) is 6. The first-order valence-electron chi connectivity index (χ1n) is 7.19. The van der Waals surface area contributed by atoms with Crippen LogP contribution >= 0.6 is 11.3 Å². The molecule has 0 amide bonds. The fraction of sp³-hybridized carbons (Fsp3) is 0.250. The minimum atomic E-state index is -0.522. The number of halogens is 1. The van der Waals surface area contributed by atoms with Gasteiger partial charge in [-0.05, 0) is 36.2 Å². The van der Waals surface area contributed by atoms with Crippen molar-refractivity contribution in [3.05, 3.63) is 57.6 Å². The molecule has 2 heterocycles. The van der Waals surface area contributed by atoms with E-state index in [0.717, 1.165) is 10.4 Å². The first-order chi connectivity index (χ1) is 11.6. The molecule has 126 valence electrons. The summed E-state index contributed by atoms with van der Waals surface area (Å²) in [7, 11) is 3.24. The molecule has 0 saturated heterocycles. The highest BCUT2D eigenvalue weighted by Crippen LogP contribution is 2.21. The first-order valence-corrected chi connectivity index (χ1v) is 8.07. The zero-order valence-corrected chi connectivity index (χ0v) is 14.0. The lowest BCUT2D eigenvalue weighted by atomic mass is 10.2. The Kier molecular flexibility index (Phi) is 4.77. The second-order valence-electron chi connectivity index (χ2n) is 5.27. The number of ether oxygens (including phenoxy) is 1. The molecule has 0 aliphatic heterocycles. The van der Waals surface area contributed by atoms with Crippen molar-refractivity contribution in [2.45, 2.75) is 13.2 Å². The van der Waals surface area contributed by atoms with Crippen molar-refractivity contribution in [2.75, 3.05) is 14.2 Å². The molecule has 0 fully saturated rings. The zero-order chi connectivity index (χ0) is 17.1. The van der Waals surface area contributed by atoms with Gasteiger partial charge in [-0.1, -0.05) is 12.1 Å². The molecular formula is C16H16FN3O3S. The molecule has 0 saturated carbocycles. The highest BCUT2D eigenvalue weighted by Gasteiger charge is 2.13. The van der Waals surface area contributed by atoms with Gasteiger partial charge in [-0.25, -0.2) is 9.18 Å². The molecule has 3 aromatic rings. The summed E-state index contributed by atoms with van der Waals surface area (Å²) in [6, 6.07) is 8.47. The number of nitrogens with zero attached hydrogens (tertiary/aromatic N) is 3. The Morgan fingerprint density at radius 2 is 2.25 bits per heavy atom. The number of rotatable bonds is 6. The molecule has 0 N–H and O–H groups in total. The molecule has 0 unspecified atom stereocenters. The van der Waals surface area contributed by atoms with Crippen LogP contribution in [0, 0.1) is 5.82 Å². The van der Waals surface area contributed by atoms with Crippen molar-refractivity contribution in [1.29, 1.82) is 0 Å². The van der Waals surface area contributed by atoms with Crippen LogP contribution < -0.4 is 10.5 Å². The van der Waals surface area contributed by atoms with Crippen LogP contribution in [0.1, 0.15) is 5.56 Å². The standard InChI is InChI=1S/C16H16FN3O3S/c1-19(9-11-5-6-13(22-2)12(17)8-11)10-20-16(21)23-15(18-20)14-4-3-7-24-14/h3-8H,9-10H2,1-2H3. The second kappa shape index (κ2) is 6.98. The van der Waals surface area contributed by atoms with Gasteiger partial charge in [0.2, 0.25) is 0 Å². The lowest BCUT2D eigenvalue weighted by molar-refractivity contribution is 0.236. The first kappa shape index (κ1) is 16.4. The van der Waals surface area contributed by atoms with E-state index in [-0.39, 0.29) is 12.4 Å². The molecule has 0 bridgehead atoms. The van der Waals surface area contributed by atoms with E-state index in [4.69, 9.17) is 9.15 Å². The Balaban J connectivity index is 1.70. The van der Waals surface area contributed by atoms with E-state index in [1.54, 1.807) is 12.1 Å². The zero-order valence-electron chi connectivity index (χ0n) is 13.2. The maximum Gasteiger partial charge on any atom is 0.438 e. The lowest BCUT2D eigenvalue weighted by Gasteiger charge is -2.16. The van der Waals surface area contributed by atoms with E-state index in [1.165, 1.54) is 29.2 Å². The summed E-state index contributed by atoms with van der Waals surface area (Å²) in [5, 5.41) is 6.08. The van der Waals surface area contributed by atoms with E-state index in [0.29, 0.717) is 12.4 Å². The van der Waals surface area contributed by atoms with Crippen LogP contribution in [0.5, 0.6) is 5.75 Å². The second-order valence-corrected chi connectivity index (χ2v) is 6.22. The molecule has 0 spiro atoms. The van der Waals surface area contributed by atoms with Crippen LogP contribution in [-0.4, -0.2) is 28.8 Å². The number of benzene rings is 1. The maximum absolute atomic E-state index is 13.7. The highest BCUT2D eigenvalue weighted by atomic mass is 32.1. The third-order valence-corrected chi connectivity index (χ3v) is 4.24. The Hall–Kier alpha value is -2.45. The van der Waals surface area contributed by atoms with Crippen LogP contribution in [0.4, 0.5) is 4.39 Å². The van der Waals surface area contributed by atoms with Gasteiger partial charge in [-0.15, -0.1) is 16.4 Å². The van der Waals surface area contributed by atoms with Crippen molar-refractivity contribution in [1.82, 2.24) is 14.7 Å². The molecule has 0 aliphatic carbocycles. The fourth-order valence-corrected chi connectivity index (χ4v) is 2.94. The molecule has 1 aromatic carbocycles. The SMILES string of the molecule is COc1ccc(CN(C)Cn2nc(-c3cccs3)oc2=O)cc1F. The Morgan fingerprint density at radius 3 is 2.92 bits per heavy atom. The van der Waals surface area contributed by atoms with E-state index in [2.05, 4.69) is 5.10 Å². The van der Waals surface area contributed by atoms with Crippen LogP contribution in [0.15, 0.2) is 44.9 Å². The average molecular weight is 349 g/mol. The summed E-state index contributed by atoms with van der Waals surface area (Å²) in [5.74, 6) is -0.429. The number of thiophene rings is 1. The summed E-state index contributed by atoms with van der Waals surface area (Å²) >= 11 is 1.45. The van der Waals surface area contributed by atoms with Gasteiger partial charge in [0.1, 0.15) is 6.67 Å². The van der Waals surface area contributed by atoms with Gasteiger partial charge in [0.05, 0.1) is 12.0 Å². The van der Waals surface area contributed by atoms with E-state index in [9.17, 15) is 9.18 Å². The van der Waals surface area contributed by atoms with E-state index in [1.807, 2.05) is 29.5 Å². The summed E-state index contributed by atoms with van der Waals surface area (Å²) < 4.78 is 25.0. The van der Waals surface area contributed by atoms with Gasteiger partial charge >= 0.3 is 5.76 Å². The Labute approximate surface area is 141 Å². The van der Waals surface area contributed by atoms with Gasteiger partial charge < -0.3 is 9.15 Å². The fourth-order valence-electron chi connectivity index (χ4n) is 2.29. The molecule has 0 radical (unpaired) electrons. The molecule has 2 aromatic heterocycles. The number of aromatic nitrogens is 2. The van der Waals surface area contributed by atoms with Crippen molar-refractivity contribution >= 4 is 11.3 Å². The molecular weight excluding hydrogens is 333 g/mol. The van der Waals surface area contributed by atoms with Crippen molar-refractivity contribution in [2.24, 2.45) is 0 Å². The average Bonchev–Trinajstić information content (AvgIpc) is 3.18. The van der Waals surface area contributed by atoms with E-state index < -0.39 is 11.6 Å². The minimum Gasteiger partial charge on any atom is -0.494 e. The normalized spacial score (nSPS) is 11.2. The van der Waals surface area contributed by atoms with Gasteiger partial charge in [0.15, 0.2) is 11.6 Å². The smallest absolute Gasteiger partial charge is 0.438 e. The number of hydrogen-bond donors (Lipinski definition) is 0. The highest BCUT2D eigenvalue weighted by molar-refractivity contribution is 7.13. The van der Waals surface area contributed by atoms with Crippen molar-refractivity contribution < 1.29 is 13.5 Å². The quantitative estimate of drug-likeness (QED) is 0.685. The Bertz CT molecular complexity index is 873. The third-order valence-electron chi connectivity index (χ3n) is 3.38. The predicted molar refractivity (Wildman–Crippen MR) is 88.5 cm³/mol. The molecule has 6 nitrogen and oxygen atoms in total. The summed E-state index contributed by atoms with van der Waals surface area (Å²) in [6.07, 6.45) is 0. The summed E-state index contributed by atoms with van der Waals surface area (Å²) in [6.45, 7) is 0.690. The molecule has 3 rings (SSSR count). The maximum atomic E-state index is 13.7. The monoisotopic (exact) mass is 349 g/mol. The van der Waals surface area contributed by atoms with Gasteiger partial charge in [0, 0.05) is 6.54 Å². The third kappa shape index (κ3) is 3.55. The van der Waals surface area contributed by atoms with Crippen LogP contribution in [0.25, 0.3) is 10.8 Å². The van der Waals surface area contributed by atoms with Gasteiger partial charge in [0.25, 0.3) is 5.89 Å². The van der Waals surface area contributed by atoms with Gasteiger partial charge in [-0.3, -0.25) is 4.90 Å². The Morgan fingerprint density at radius 1 is 1.42 bits per heavy atom. The summed E-state index contributed by atoms with van der Waals surface area (Å²) in [4.78, 5) is 14.5. The summed E-state index contributed by atoms with van der Waals surface area (Å²) in [5.41, 5.74) is 0.769. The molecule has 0 aliphatic rings. The minimum absolute atomic E-state index is 0.203. The van der Waals surface area contributed by atoms with Crippen LogP contribution in [-0.2, 0) is 13.2 Å². The van der Waals surface area contributed by atoms with Crippen molar-refractivity contribution in [3.63, 3.8) is 0 Å². The van der Waals surface area contributed by atoms with Crippen LogP contribution in [0.2, 0.25) is 0 Å². The molecule has 24 heavy (non-hydrogen) atoms. The topological polar surface area (TPSA) is 60.5 Å². The largest absolute Gasteiger partial charge is 0.494 e. The molecule has 0 atom stereocenters. The lowest BCUT2D eigenvalue weighted by Crippen LogP contribution is -2.28. The van der Waals surface area contributed by atoms with Gasteiger partial charge in [-0.2, -0.15) is 4.68 Å². The number of methoxy groups -OCH3 is 1. The van der Waals surface area contributed by atoms with Crippen LogP contribution in [0.3, 0.4) is 0 Å². The van der Waals surface area contributed by atoms with Crippen molar-refractivity contribution in [3.8, 4) is 16.5 Å². The molecule has 8 heteroatoms. The predicted octanol–water partition coefficient (Wildman–Crippen LogP) is 2.80.